The highest BCUT2D eigenvalue weighted by Crippen LogP contribution is 2.43. The van der Waals surface area contributed by atoms with Gasteiger partial charge in [0.25, 0.3) is 0 Å². The highest BCUT2D eigenvalue weighted by molar-refractivity contribution is 6.21. The highest BCUT2D eigenvalue weighted by atomic mass is 15.3. The second-order valence-corrected chi connectivity index (χ2v) is 11.7. The minimum absolute atomic E-state index is 0.165. The maximum Gasteiger partial charge on any atom is 0.113 e. The van der Waals surface area contributed by atoms with Gasteiger partial charge in [0.2, 0.25) is 0 Å². The fraction of sp³-hybridized carbons (Fsp3) is 0.0976. The van der Waals surface area contributed by atoms with Crippen molar-refractivity contribution in [3.05, 3.63) is 162 Å². The minimum Gasteiger partial charge on any atom is -0.350 e. The van der Waals surface area contributed by atoms with E-state index in [1.807, 2.05) is 48.6 Å². The summed E-state index contributed by atoms with van der Waals surface area (Å²) < 4.78 is 4.84. The van der Waals surface area contributed by atoms with Crippen LogP contribution in [0, 0.1) is 5.41 Å². The number of benzene rings is 4. The van der Waals surface area contributed by atoms with Crippen LogP contribution in [0.2, 0.25) is 0 Å². The lowest BCUT2D eigenvalue weighted by Gasteiger charge is -2.34. The van der Waals surface area contributed by atoms with Gasteiger partial charge in [0.05, 0.1) is 28.3 Å². The molecule has 1 aliphatic carbocycles. The molecule has 0 saturated heterocycles. The summed E-state index contributed by atoms with van der Waals surface area (Å²) >= 11 is 0. The monoisotopic (exact) mass is 582 g/mol. The quantitative estimate of drug-likeness (QED) is 0.154. The molecule has 2 aliphatic rings. The van der Waals surface area contributed by atoms with E-state index in [0.717, 1.165) is 18.4 Å². The van der Waals surface area contributed by atoms with Crippen molar-refractivity contribution >= 4 is 56.5 Å². The van der Waals surface area contributed by atoms with Crippen LogP contribution in [0.4, 0.5) is 0 Å². The molecule has 0 spiro atoms. The maximum absolute atomic E-state index is 8.49. The van der Waals surface area contributed by atoms with Crippen LogP contribution in [0.15, 0.2) is 140 Å². The summed E-state index contributed by atoms with van der Waals surface area (Å²) in [6.45, 7) is 0. The number of hydrogen-bond acceptors (Lipinski definition) is 2. The molecule has 8 rings (SSSR count). The number of hydrogen-bond donors (Lipinski definition) is 1. The van der Waals surface area contributed by atoms with Crippen LogP contribution in [-0.2, 0) is 6.42 Å². The van der Waals surface area contributed by atoms with E-state index in [9.17, 15) is 0 Å². The fourth-order valence-corrected chi connectivity index (χ4v) is 7.06. The number of nitrogens with zero attached hydrogens (tertiary/aromatic N) is 3. The normalized spacial score (nSPS) is 16.4. The van der Waals surface area contributed by atoms with Gasteiger partial charge in [0.1, 0.15) is 5.82 Å². The molecule has 1 unspecified atom stereocenters. The molecule has 1 atom stereocenters. The van der Waals surface area contributed by atoms with Gasteiger partial charge in [-0.05, 0) is 54.3 Å². The van der Waals surface area contributed by atoms with E-state index >= 15 is 0 Å². The first-order valence-electron chi connectivity index (χ1n) is 15.6. The predicted molar refractivity (Wildman–Crippen MR) is 190 cm³/mol. The molecule has 45 heavy (non-hydrogen) atoms. The standard InChI is InChI=1S/C41H34N4/c1-43-35(30-17-6-3-7-18-30)24-14-25-39(43)45-37-23-11-9-20-33(37)40-38(45)27-26-32-31-19-8-10-22-36(31)44(41(32)40)28-13-12-21-34(42)29-15-4-2-5-16-29/h2-10,12-22,24-28,35,42H,11,23H2,1H3/b21-12-,28-13+,42-34?. The highest BCUT2D eigenvalue weighted by Gasteiger charge is 2.27. The van der Waals surface area contributed by atoms with Gasteiger partial charge in [-0.3, -0.25) is 4.57 Å². The molecule has 2 aromatic heterocycles. The summed E-state index contributed by atoms with van der Waals surface area (Å²) in [4.78, 5) is 2.40. The van der Waals surface area contributed by atoms with Crippen LogP contribution in [0.3, 0.4) is 0 Å². The zero-order valence-corrected chi connectivity index (χ0v) is 25.3. The predicted octanol–water partition coefficient (Wildman–Crippen LogP) is 9.84. The average molecular weight is 583 g/mol. The van der Waals surface area contributed by atoms with Crippen molar-refractivity contribution in [3.8, 4) is 0 Å². The van der Waals surface area contributed by atoms with Crippen LogP contribution in [-0.4, -0.2) is 26.8 Å². The molecule has 4 nitrogen and oxygen atoms in total. The van der Waals surface area contributed by atoms with Crippen molar-refractivity contribution in [3.63, 3.8) is 0 Å². The van der Waals surface area contributed by atoms with Gasteiger partial charge in [0.15, 0.2) is 0 Å². The van der Waals surface area contributed by atoms with Crippen molar-refractivity contribution in [2.24, 2.45) is 0 Å². The second-order valence-electron chi connectivity index (χ2n) is 11.7. The molecule has 1 N–H and O–H groups in total. The van der Waals surface area contributed by atoms with E-state index in [2.05, 4.69) is 124 Å². The Kier molecular flexibility index (Phi) is 6.68. The van der Waals surface area contributed by atoms with Crippen LogP contribution < -0.4 is 0 Å². The van der Waals surface area contributed by atoms with Crippen molar-refractivity contribution < 1.29 is 0 Å². The Labute approximate surface area is 263 Å². The Morgan fingerprint density at radius 2 is 1.60 bits per heavy atom. The average Bonchev–Trinajstić information content (AvgIpc) is 3.60. The molecule has 6 aromatic rings. The lowest BCUT2D eigenvalue weighted by Crippen LogP contribution is -2.27. The number of fused-ring (bicyclic) bond motifs is 7. The van der Waals surface area contributed by atoms with Crippen LogP contribution >= 0.6 is 0 Å². The zero-order valence-electron chi connectivity index (χ0n) is 25.3. The van der Waals surface area contributed by atoms with E-state index in [1.165, 1.54) is 55.4 Å². The van der Waals surface area contributed by atoms with E-state index in [-0.39, 0.29) is 6.04 Å². The number of para-hydroxylation sites is 1. The largest absolute Gasteiger partial charge is 0.350 e. The van der Waals surface area contributed by atoms with Gasteiger partial charge >= 0.3 is 0 Å². The molecule has 0 bridgehead atoms. The molecule has 3 heterocycles. The summed E-state index contributed by atoms with van der Waals surface area (Å²) in [5.41, 5.74) is 8.96. The number of likely N-dealkylation sites (N-methyl/N-ethyl adjacent to an activating group) is 1. The van der Waals surface area contributed by atoms with Gasteiger partial charge in [-0.25, -0.2) is 0 Å². The number of allylic oxidation sites excluding steroid dienone is 6. The topological polar surface area (TPSA) is 37.0 Å². The first kappa shape index (κ1) is 27.0. The molecule has 0 fully saturated rings. The molecular weight excluding hydrogens is 548 g/mol. The summed E-state index contributed by atoms with van der Waals surface area (Å²) in [5, 5.41) is 12.3. The summed E-state index contributed by atoms with van der Waals surface area (Å²) in [6.07, 6.45) is 21.4. The van der Waals surface area contributed by atoms with E-state index in [4.69, 9.17) is 5.41 Å². The number of aromatic nitrogens is 2. The smallest absolute Gasteiger partial charge is 0.113 e. The van der Waals surface area contributed by atoms with Gasteiger partial charge in [-0.1, -0.05) is 115 Å². The van der Waals surface area contributed by atoms with E-state index < -0.39 is 0 Å². The Morgan fingerprint density at radius 3 is 2.44 bits per heavy atom. The van der Waals surface area contributed by atoms with Crippen molar-refractivity contribution in [1.29, 1.82) is 5.41 Å². The number of rotatable bonds is 6. The first-order chi connectivity index (χ1) is 22.2. The summed E-state index contributed by atoms with van der Waals surface area (Å²) in [5.74, 6) is 1.19. The molecule has 218 valence electrons. The molecular formula is C41H34N4. The van der Waals surface area contributed by atoms with Crippen LogP contribution in [0.1, 0.15) is 34.8 Å². The van der Waals surface area contributed by atoms with Gasteiger partial charge in [-0.15, -0.1) is 0 Å². The van der Waals surface area contributed by atoms with Gasteiger partial charge in [0, 0.05) is 40.7 Å². The lowest BCUT2D eigenvalue weighted by atomic mass is 10.0. The SMILES string of the molecule is CN1C(n2c3c(c4c2ccc2c5ccccc5n(/C=C/C=C\C(=N)c5ccccc5)c24)C=CCC3)=CC=CC1c1ccccc1. The molecule has 0 radical (unpaired) electrons. The molecule has 4 aromatic carbocycles. The lowest BCUT2D eigenvalue weighted by molar-refractivity contribution is 0.392. The molecule has 0 amide bonds. The van der Waals surface area contributed by atoms with Gasteiger partial charge in [-0.2, -0.15) is 0 Å². The van der Waals surface area contributed by atoms with Crippen LogP contribution in [0.25, 0.3) is 50.8 Å². The van der Waals surface area contributed by atoms with Crippen molar-refractivity contribution in [1.82, 2.24) is 14.0 Å². The Balaban J connectivity index is 1.31. The zero-order chi connectivity index (χ0) is 30.3. The molecule has 1 aliphatic heterocycles. The Hall–Kier alpha value is -5.61. The molecule has 4 heteroatoms. The number of nitrogens with one attached hydrogen (secondary N) is 1. The van der Waals surface area contributed by atoms with Crippen molar-refractivity contribution in [2.45, 2.75) is 18.9 Å². The third-order valence-electron chi connectivity index (χ3n) is 9.16. The summed E-state index contributed by atoms with van der Waals surface area (Å²) in [6, 6.07) is 34.0. The van der Waals surface area contributed by atoms with Crippen molar-refractivity contribution in [2.75, 3.05) is 7.05 Å². The minimum atomic E-state index is 0.165. The third-order valence-corrected chi connectivity index (χ3v) is 9.16. The van der Waals surface area contributed by atoms with E-state index in [0.29, 0.717) is 5.71 Å². The maximum atomic E-state index is 8.49. The first-order valence-corrected chi connectivity index (χ1v) is 15.6. The Morgan fingerprint density at radius 1 is 0.822 bits per heavy atom. The third kappa shape index (κ3) is 4.49. The van der Waals surface area contributed by atoms with Gasteiger partial charge < -0.3 is 14.9 Å². The van der Waals surface area contributed by atoms with E-state index in [1.54, 1.807) is 0 Å². The fourth-order valence-electron chi connectivity index (χ4n) is 7.06. The Bertz CT molecular complexity index is 2240. The summed E-state index contributed by atoms with van der Waals surface area (Å²) in [7, 11) is 2.21. The van der Waals surface area contributed by atoms with Crippen LogP contribution in [0.5, 0.6) is 0 Å². The molecule has 0 saturated carbocycles. The second kappa shape index (κ2) is 11.1.